The first-order valence-corrected chi connectivity index (χ1v) is 9.38. The van der Waals surface area contributed by atoms with E-state index < -0.39 is 0 Å². The van der Waals surface area contributed by atoms with Gasteiger partial charge in [0.25, 0.3) is 0 Å². The lowest BCUT2D eigenvalue weighted by Gasteiger charge is -2.32. The average Bonchev–Trinajstić information content (AvgIpc) is 2.78. The zero-order valence-corrected chi connectivity index (χ0v) is 15.8. The van der Waals surface area contributed by atoms with Gasteiger partial charge in [0, 0.05) is 16.0 Å². The summed E-state index contributed by atoms with van der Waals surface area (Å²) in [6.45, 7) is 8.29. The Morgan fingerprint density at radius 2 is 1.32 bits per heavy atom. The second-order valence-electron chi connectivity index (χ2n) is 7.37. The second-order valence-corrected chi connectivity index (χ2v) is 8.46. The van der Waals surface area contributed by atoms with E-state index in [1.165, 1.54) is 21.2 Å². The summed E-state index contributed by atoms with van der Waals surface area (Å²) in [5.41, 5.74) is 1.71. The molecule has 4 rings (SSSR count). The number of para-hydroxylation sites is 2. The van der Waals surface area contributed by atoms with E-state index in [4.69, 9.17) is 9.31 Å². The van der Waals surface area contributed by atoms with Crippen LogP contribution in [0.4, 0.5) is 11.4 Å². The van der Waals surface area contributed by atoms with Gasteiger partial charge >= 0.3 is 7.12 Å². The van der Waals surface area contributed by atoms with E-state index in [-0.39, 0.29) is 18.3 Å². The third-order valence-corrected chi connectivity index (χ3v) is 6.26. The predicted octanol–water partition coefficient (Wildman–Crippen LogP) is 5.43. The van der Waals surface area contributed by atoms with Gasteiger partial charge < -0.3 is 14.2 Å². The molecule has 0 saturated carbocycles. The van der Waals surface area contributed by atoms with Crippen LogP contribution in [-0.2, 0) is 9.31 Å². The Kier molecular flexibility index (Phi) is 3.98. The minimum atomic E-state index is -0.348. The summed E-state index contributed by atoms with van der Waals surface area (Å²) in [6, 6.07) is 16.9. The van der Waals surface area contributed by atoms with E-state index in [0.717, 1.165) is 0 Å². The fourth-order valence-electron chi connectivity index (χ4n) is 3.02. The van der Waals surface area contributed by atoms with Crippen molar-refractivity contribution in [3.63, 3.8) is 0 Å². The highest BCUT2D eigenvalue weighted by molar-refractivity contribution is 7.99. The third-order valence-electron chi connectivity index (χ3n) is 5.13. The zero-order valence-electron chi connectivity index (χ0n) is 15.0. The molecule has 0 aliphatic carbocycles. The molecule has 2 aromatic carbocycles. The summed E-state index contributed by atoms with van der Waals surface area (Å²) >= 11 is 1.81. The smallest absolute Gasteiger partial charge is 0.400 e. The monoisotopic (exact) mass is 351 g/mol. The van der Waals surface area contributed by atoms with Crippen molar-refractivity contribution < 1.29 is 9.31 Å². The standard InChI is InChI=1S/C20H22BNO2S/c1-19(2)20(3,4)24-21(23-19)13-14-22-15-9-5-7-11-17(15)25-18-12-8-6-10-16(18)22/h5-14H,1-4H3/b14-13+. The summed E-state index contributed by atoms with van der Waals surface area (Å²) in [6.07, 6.45) is 2.07. The highest BCUT2D eigenvalue weighted by Crippen LogP contribution is 2.48. The van der Waals surface area contributed by atoms with Crippen LogP contribution in [0.1, 0.15) is 27.7 Å². The summed E-state index contributed by atoms with van der Waals surface area (Å²) in [7, 11) is -0.348. The maximum atomic E-state index is 6.09. The van der Waals surface area contributed by atoms with Crippen molar-refractivity contribution in [2.45, 2.75) is 48.7 Å². The molecule has 0 aromatic heterocycles. The summed E-state index contributed by atoms with van der Waals surface area (Å²) < 4.78 is 12.2. The lowest BCUT2D eigenvalue weighted by atomic mass is 9.90. The quantitative estimate of drug-likeness (QED) is 0.672. The minimum Gasteiger partial charge on any atom is -0.400 e. The number of hydrogen-bond donors (Lipinski definition) is 0. The molecule has 0 unspecified atom stereocenters. The van der Waals surface area contributed by atoms with E-state index in [0.29, 0.717) is 0 Å². The van der Waals surface area contributed by atoms with Gasteiger partial charge in [0.15, 0.2) is 0 Å². The van der Waals surface area contributed by atoms with Crippen LogP contribution < -0.4 is 4.90 Å². The Labute approximate surface area is 154 Å². The molecule has 0 radical (unpaired) electrons. The van der Waals surface area contributed by atoms with Gasteiger partial charge in [-0.2, -0.15) is 0 Å². The molecule has 2 aliphatic rings. The largest absolute Gasteiger partial charge is 0.488 e. The van der Waals surface area contributed by atoms with E-state index in [1.807, 2.05) is 5.98 Å². The molecular weight excluding hydrogens is 329 g/mol. The summed E-state index contributed by atoms with van der Waals surface area (Å²) in [4.78, 5) is 4.71. The second kappa shape index (κ2) is 5.94. The van der Waals surface area contributed by atoms with Gasteiger partial charge in [-0.3, -0.25) is 0 Å². The van der Waals surface area contributed by atoms with Crippen molar-refractivity contribution in [1.82, 2.24) is 0 Å². The molecular formula is C20H22BNO2S. The van der Waals surface area contributed by atoms with Gasteiger partial charge in [-0.05, 0) is 57.9 Å². The van der Waals surface area contributed by atoms with E-state index in [2.05, 4.69) is 87.3 Å². The van der Waals surface area contributed by atoms with Crippen LogP contribution in [0.5, 0.6) is 0 Å². The SMILES string of the molecule is CC1(C)OB(/C=C/N2c3ccccc3Sc3ccccc32)OC1(C)C. The van der Waals surface area contributed by atoms with Crippen LogP contribution in [0.25, 0.3) is 0 Å². The molecule has 25 heavy (non-hydrogen) atoms. The Bertz CT molecular complexity index is 772. The molecule has 0 spiro atoms. The number of rotatable bonds is 2. The molecule has 0 amide bonds. The maximum Gasteiger partial charge on any atom is 0.488 e. The molecule has 0 atom stereocenters. The normalized spacial score (nSPS) is 20.6. The number of anilines is 2. The van der Waals surface area contributed by atoms with E-state index >= 15 is 0 Å². The Morgan fingerprint density at radius 1 is 0.840 bits per heavy atom. The first kappa shape index (κ1) is 16.8. The molecule has 1 fully saturated rings. The van der Waals surface area contributed by atoms with Crippen molar-refractivity contribution in [3.05, 3.63) is 60.7 Å². The molecule has 128 valence electrons. The number of nitrogens with zero attached hydrogens (tertiary/aromatic N) is 1. The molecule has 1 saturated heterocycles. The zero-order chi connectivity index (χ0) is 17.7. The first-order valence-electron chi connectivity index (χ1n) is 8.56. The van der Waals surface area contributed by atoms with Crippen molar-refractivity contribution in [1.29, 1.82) is 0 Å². The van der Waals surface area contributed by atoms with Crippen molar-refractivity contribution in [2.75, 3.05) is 4.90 Å². The van der Waals surface area contributed by atoms with Gasteiger partial charge in [0.05, 0.1) is 22.6 Å². The lowest BCUT2D eigenvalue weighted by molar-refractivity contribution is 0.00578. The van der Waals surface area contributed by atoms with Gasteiger partial charge in [-0.1, -0.05) is 36.0 Å². The highest BCUT2D eigenvalue weighted by Gasteiger charge is 2.50. The average molecular weight is 351 g/mol. The van der Waals surface area contributed by atoms with Crippen LogP contribution in [0, 0.1) is 0 Å². The molecule has 2 heterocycles. The minimum absolute atomic E-state index is 0.324. The van der Waals surface area contributed by atoms with Gasteiger partial charge in [-0.15, -0.1) is 0 Å². The van der Waals surface area contributed by atoms with Crippen LogP contribution in [0.15, 0.2) is 70.5 Å². The van der Waals surface area contributed by atoms with Gasteiger partial charge in [0.1, 0.15) is 0 Å². The summed E-state index contributed by atoms with van der Waals surface area (Å²) in [5.74, 6) is 2.00. The van der Waals surface area contributed by atoms with Crippen LogP contribution in [0.3, 0.4) is 0 Å². The molecule has 0 N–H and O–H groups in total. The van der Waals surface area contributed by atoms with E-state index in [1.54, 1.807) is 11.8 Å². The van der Waals surface area contributed by atoms with Crippen LogP contribution >= 0.6 is 11.8 Å². The lowest BCUT2D eigenvalue weighted by Crippen LogP contribution is -2.41. The maximum absolute atomic E-state index is 6.09. The van der Waals surface area contributed by atoms with Crippen LogP contribution in [0.2, 0.25) is 0 Å². The Hall–Kier alpha value is -1.69. The Balaban J connectivity index is 1.67. The van der Waals surface area contributed by atoms with Gasteiger partial charge in [0.2, 0.25) is 0 Å². The third kappa shape index (κ3) is 2.90. The molecule has 2 aliphatic heterocycles. The van der Waals surface area contributed by atoms with Crippen molar-refractivity contribution in [3.8, 4) is 0 Å². The van der Waals surface area contributed by atoms with Crippen molar-refractivity contribution >= 4 is 30.3 Å². The predicted molar refractivity (Wildman–Crippen MR) is 104 cm³/mol. The highest BCUT2D eigenvalue weighted by atomic mass is 32.2. The van der Waals surface area contributed by atoms with E-state index in [9.17, 15) is 0 Å². The number of fused-ring (bicyclic) bond motifs is 2. The topological polar surface area (TPSA) is 21.7 Å². The molecule has 0 bridgehead atoms. The van der Waals surface area contributed by atoms with Crippen LogP contribution in [-0.4, -0.2) is 18.3 Å². The molecule has 2 aromatic rings. The first-order chi connectivity index (χ1) is 11.9. The fourth-order valence-corrected chi connectivity index (χ4v) is 4.09. The number of hydrogen-bond acceptors (Lipinski definition) is 4. The Morgan fingerprint density at radius 3 is 1.84 bits per heavy atom. The fraction of sp³-hybridized carbons (Fsp3) is 0.300. The molecule has 5 heteroatoms. The molecule has 3 nitrogen and oxygen atoms in total. The van der Waals surface area contributed by atoms with Gasteiger partial charge in [-0.25, -0.2) is 0 Å². The van der Waals surface area contributed by atoms with Crippen molar-refractivity contribution in [2.24, 2.45) is 0 Å². The number of benzene rings is 2. The summed E-state index contributed by atoms with van der Waals surface area (Å²) in [5, 5.41) is 0.